The number of amides is 1. The van der Waals surface area contributed by atoms with Crippen LogP contribution in [0.5, 0.6) is 0 Å². The Balaban J connectivity index is 1.87. The van der Waals surface area contributed by atoms with Gasteiger partial charge >= 0.3 is 5.97 Å². The van der Waals surface area contributed by atoms with Crippen molar-refractivity contribution in [2.45, 2.75) is 70.3 Å². The van der Waals surface area contributed by atoms with Crippen LogP contribution >= 0.6 is 0 Å². The third-order valence-electron chi connectivity index (χ3n) is 5.74. The molecule has 0 aliphatic heterocycles. The minimum absolute atomic E-state index is 0.0941. The van der Waals surface area contributed by atoms with Crippen LogP contribution in [0.1, 0.15) is 73.5 Å². The predicted octanol–water partition coefficient (Wildman–Crippen LogP) is 2.41. The topological polar surface area (TPSA) is 99.3 Å². The molecule has 1 saturated carbocycles. The molecule has 2 aliphatic carbocycles. The number of aliphatic carboxylic acids is 1. The fraction of sp³-hybridized carbons (Fsp3) is 0.632. The first-order valence-electron chi connectivity index (χ1n) is 9.21. The monoisotopic (exact) mass is 346 g/mol. The van der Waals surface area contributed by atoms with Crippen LogP contribution in [0.25, 0.3) is 0 Å². The molecule has 1 aromatic rings. The average Bonchev–Trinajstić information content (AvgIpc) is 2.78. The van der Waals surface area contributed by atoms with E-state index in [2.05, 4.69) is 10.3 Å². The molecule has 0 aromatic carbocycles. The van der Waals surface area contributed by atoms with E-state index in [1.165, 1.54) is 0 Å². The Morgan fingerprint density at radius 1 is 1.20 bits per heavy atom. The third-order valence-corrected chi connectivity index (χ3v) is 5.74. The van der Waals surface area contributed by atoms with Crippen LogP contribution in [-0.2, 0) is 17.6 Å². The van der Waals surface area contributed by atoms with Crippen molar-refractivity contribution in [1.82, 2.24) is 10.3 Å². The number of nitrogens with one attached hydrogen (secondary N) is 2. The zero-order valence-corrected chi connectivity index (χ0v) is 14.7. The van der Waals surface area contributed by atoms with Gasteiger partial charge in [0.1, 0.15) is 5.56 Å². The van der Waals surface area contributed by atoms with Gasteiger partial charge in [-0.1, -0.05) is 19.3 Å². The average molecular weight is 346 g/mol. The number of carbonyl (C=O) groups is 2. The SMILES string of the molecule is CC1(NC(=O)c2cc3c([nH]c2=O)CCCCC3)CCCCC1C(=O)O. The Kier molecular flexibility index (Phi) is 4.97. The number of carbonyl (C=O) groups excluding carboxylic acids is 1. The van der Waals surface area contributed by atoms with E-state index < -0.39 is 23.3 Å². The largest absolute Gasteiger partial charge is 0.481 e. The Hall–Kier alpha value is -2.11. The second-order valence-electron chi connectivity index (χ2n) is 7.58. The summed E-state index contributed by atoms with van der Waals surface area (Å²) in [6.45, 7) is 1.78. The first kappa shape index (κ1) is 17.7. The Labute approximate surface area is 147 Å². The Morgan fingerprint density at radius 2 is 1.96 bits per heavy atom. The first-order chi connectivity index (χ1) is 11.9. The van der Waals surface area contributed by atoms with Gasteiger partial charge in [0.15, 0.2) is 0 Å². The summed E-state index contributed by atoms with van der Waals surface area (Å²) in [4.78, 5) is 39.6. The highest BCUT2D eigenvalue weighted by Crippen LogP contribution is 2.34. The minimum atomic E-state index is -0.890. The van der Waals surface area contributed by atoms with Crippen LogP contribution in [0, 0.1) is 5.92 Å². The minimum Gasteiger partial charge on any atom is -0.481 e. The van der Waals surface area contributed by atoms with Crippen LogP contribution in [-0.4, -0.2) is 27.5 Å². The molecule has 1 heterocycles. The number of aromatic nitrogens is 1. The molecule has 2 atom stereocenters. The summed E-state index contributed by atoms with van der Waals surface area (Å²) >= 11 is 0. The molecule has 0 bridgehead atoms. The van der Waals surface area contributed by atoms with E-state index in [1.54, 1.807) is 13.0 Å². The summed E-state index contributed by atoms with van der Waals surface area (Å²) in [5.41, 5.74) is 0.860. The van der Waals surface area contributed by atoms with E-state index in [0.717, 1.165) is 56.2 Å². The number of rotatable bonds is 3. The Morgan fingerprint density at radius 3 is 2.72 bits per heavy atom. The van der Waals surface area contributed by atoms with Crippen LogP contribution in [0.3, 0.4) is 0 Å². The fourth-order valence-electron chi connectivity index (χ4n) is 4.23. The molecule has 6 nitrogen and oxygen atoms in total. The maximum atomic E-state index is 12.8. The molecule has 2 aliphatic rings. The van der Waals surface area contributed by atoms with Gasteiger partial charge in [-0.15, -0.1) is 0 Å². The summed E-state index contributed by atoms with van der Waals surface area (Å²) in [6, 6.07) is 1.71. The number of hydrogen-bond donors (Lipinski definition) is 3. The van der Waals surface area contributed by atoms with Crippen molar-refractivity contribution in [3.8, 4) is 0 Å². The third kappa shape index (κ3) is 3.62. The lowest BCUT2D eigenvalue weighted by atomic mass is 9.73. The molecule has 3 rings (SSSR count). The molecule has 1 aromatic heterocycles. The molecule has 136 valence electrons. The van der Waals surface area contributed by atoms with Gasteiger partial charge in [0.05, 0.1) is 11.5 Å². The van der Waals surface area contributed by atoms with Crippen LogP contribution in [0.2, 0.25) is 0 Å². The molecule has 25 heavy (non-hydrogen) atoms. The van der Waals surface area contributed by atoms with Gasteiger partial charge in [0.25, 0.3) is 11.5 Å². The van der Waals surface area contributed by atoms with Crippen molar-refractivity contribution in [3.63, 3.8) is 0 Å². The number of aryl methyl sites for hydroxylation is 2. The lowest BCUT2D eigenvalue weighted by Crippen LogP contribution is -2.56. The van der Waals surface area contributed by atoms with Crippen molar-refractivity contribution in [2.75, 3.05) is 0 Å². The lowest BCUT2D eigenvalue weighted by molar-refractivity contribution is -0.145. The van der Waals surface area contributed by atoms with Gasteiger partial charge in [-0.2, -0.15) is 0 Å². The summed E-state index contributed by atoms with van der Waals surface area (Å²) in [7, 11) is 0. The smallest absolute Gasteiger partial charge is 0.308 e. The number of fused-ring (bicyclic) bond motifs is 1. The normalized spacial score (nSPS) is 26.4. The summed E-state index contributed by atoms with van der Waals surface area (Å²) in [6.07, 6.45) is 7.81. The summed E-state index contributed by atoms with van der Waals surface area (Å²) < 4.78 is 0. The van der Waals surface area contributed by atoms with Gasteiger partial charge in [-0.05, 0) is 57.1 Å². The van der Waals surface area contributed by atoms with Crippen molar-refractivity contribution in [3.05, 3.63) is 33.2 Å². The lowest BCUT2D eigenvalue weighted by Gasteiger charge is -2.39. The summed E-state index contributed by atoms with van der Waals surface area (Å²) in [5.74, 6) is -1.98. The van der Waals surface area contributed by atoms with E-state index in [4.69, 9.17) is 0 Å². The highest BCUT2D eigenvalue weighted by Gasteiger charge is 2.42. The van der Waals surface area contributed by atoms with Crippen molar-refractivity contribution in [2.24, 2.45) is 5.92 Å². The second kappa shape index (κ2) is 7.02. The van der Waals surface area contributed by atoms with E-state index in [0.29, 0.717) is 12.8 Å². The van der Waals surface area contributed by atoms with E-state index >= 15 is 0 Å². The number of carboxylic acid groups (broad SMARTS) is 1. The fourth-order valence-corrected chi connectivity index (χ4v) is 4.23. The number of H-pyrrole nitrogens is 1. The van der Waals surface area contributed by atoms with Gasteiger partial charge in [-0.3, -0.25) is 14.4 Å². The Bertz CT molecular complexity index is 739. The molecule has 0 spiro atoms. The molecule has 6 heteroatoms. The van der Waals surface area contributed by atoms with Gasteiger partial charge in [0.2, 0.25) is 0 Å². The molecular weight excluding hydrogens is 320 g/mol. The van der Waals surface area contributed by atoms with Crippen molar-refractivity contribution in [1.29, 1.82) is 0 Å². The molecule has 0 saturated heterocycles. The zero-order chi connectivity index (χ0) is 18.0. The molecule has 3 N–H and O–H groups in total. The molecule has 1 amide bonds. The van der Waals surface area contributed by atoms with Crippen molar-refractivity contribution >= 4 is 11.9 Å². The second-order valence-corrected chi connectivity index (χ2v) is 7.58. The van der Waals surface area contributed by atoms with Crippen LogP contribution in [0.4, 0.5) is 0 Å². The van der Waals surface area contributed by atoms with Gasteiger partial charge in [-0.25, -0.2) is 0 Å². The number of pyridine rings is 1. The van der Waals surface area contributed by atoms with Gasteiger partial charge in [0, 0.05) is 5.69 Å². The molecule has 1 fully saturated rings. The predicted molar refractivity (Wildman–Crippen MR) is 93.8 cm³/mol. The van der Waals surface area contributed by atoms with Crippen LogP contribution in [0.15, 0.2) is 10.9 Å². The molecule has 0 radical (unpaired) electrons. The van der Waals surface area contributed by atoms with E-state index in [9.17, 15) is 19.5 Å². The zero-order valence-electron chi connectivity index (χ0n) is 14.7. The highest BCUT2D eigenvalue weighted by atomic mass is 16.4. The maximum Gasteiger partial charge on any atom is 0.308 e. The molecule has 2 unspecified atom stereocenters. The quantitative estimate of drug-likeness (QED) is 0.732. The molecular formula is C19H26N2O4. The van der Waals surface area contributed by atoms with E-state index in [-0.39, 0.29) is 11.1 Å². The van der Waals surface area contributed by atoms with Crippen LogP contribution < -0.4 is 10.9 Å². The van der Waals surface area contributed by atoms with Crippen molar-refractivity contribution < 1.29 is 14.7 Å². The number of hydrogen-bond acceptors (Lipinski definition) is 3. The highest BCUT2D eigenvalue weighted by molar-refractivity contribution is 5.95. The number of aromatic amines is 1. The van der Waals surface area contributed by atoms with Gasteiger partial charge < -0.3 is 15.4 Å². The maximum absolute atomic E-state index is 12.8. The number of carboxylic acids is 1. The standard InChI is InChI=1S/C19H26N2O4/c1-19(10-6-5-8-14(19)18(24)25)21-17(23)13-11-12-7-3-2-4-9-15(12)20-16(13)22/h11,14H,2-10H2,1H3,(H,20,22)(H,21,23)(H,24,25). The first-order valence-corrected chi connectivity index (χ1v) is 9.21. The van der Waals surface area contributed by atoms with E-state index in [1.807, 2.05) is 0 Å². The summed E-state index contributed by atoms with van der Waals surface area (Å²) in [5, 5.41) is 12.3.